The first-order chi connectivity index (χ1) is 4.83. The average molecular weight is 163 g/mol. The molecule has 0 aliphatic heterocycles. The van der Waals surface area contributed by atoms with Gasteiger partial charge in [0.2, 0.25) is 0 Å². The second-order valence-corrected chi connectivity index (χ2v) is 3.50. The normalized spacial score (nSPS) is 21.0. The summed E-state index contributed by atoms with van der Waals surface area (Å²) in [7, 11) is 1.75. The average Bonchev–Trinajstić information content (AvgIpc) is 2.70. The molecule has 1 fully saturated rings. The van der Waals surface area contributed by atoms with E-state index in [9.17, 15) is 0 Å². The molecule has 1 nitrogen and oxygen atoms in total. The van der Waals surface area contributed by atoms with Gasteiger partial charge >= 0.3 is 0 Å². The topological polar surface area (TPSA) is 9.23 Å². The highest BCUT2D eigenvalue weighted by Crippen LogP contribution is 2.50. The minimum Gasteiger partial charge on any atom is -0.385 e. The minimum absolute atomic E-state index is 0.528. The van der Waals surface area contributed by atoms with Gasteiger partial charge in [0.05, 0.1) is 0 Å². The van der Waals surface area contributed by atoms with Crippen molar-refractivity contribution in [1.82, 2.24) is 0 Å². The predicted molar refractivity (Wildman–Crippen MR) is 43.5 cm³/mol. The van der Waals surface area contributed by atoms with E-state index in [1.165, 1.54) is 25.7 Å². The Morgan fingerprint density at radius 2 is 2.20 bits per heavy atom. The quantitative estimate of drug-likeness (QED) is 0.446. The van der Waals surface area contributed by atoms with Crippen LogP contribution in [0.25, 0.3) is 0 Å². The molecule has 0 heterocycles. The first-order valence-electron chi connectivity index (χ1n) is 3.88. The molecule has 0 atom stereocenters. The molecule has 1 rings (SSSR count). The van der Waals surface area contributed by atoms with Crippen LogP contribution in [0.5, 0.6) is 0 Å². The van der Waals surface area contributed by atoms with Gasteiger partial charge in [-0.25, -0.2) is 0 Å². The molecule has 1 aliphatic carbocycles. The molecule has 0 N–H and O–H groups in total. The Bertz CT molecular complexity index is 99.4. The SMILES string of the molecule is COCCCC1(CCl)CC1. The lowest BCUT2D eigenvalue weighted by Gasteiger charge is -2.08. The third-order valence-corrected chi connectivity index (χ3v) is 2.86. The summed E-state index contributed by atoms with van der Waals surface area (Å²) < 4.78 is 4.97. The Labute approximate surface area is 67.7 Å². The highest BCUT2D eigenvalue weighted by Gasteiger charge is 2.40. The second kappa shape index (κ2) is 3.59. The van der Waals surface area contributed by atoms with E-state index < -0.39 is 0 Å². The van der Waals surface area contributed by atoms with Crippen molar-refractivity contribution in [2.24, 2.45) is 5.41 Å². The van der Waals surface area contributed by atoms with E-state index in [1.807, 2.05) is 0 Å². The lowest BCUT2D eigenvalue weighted by molar-refractivity contribution is 0.186. The van der Waals surface area contributed by atoms with Crippen LogP contribution in [0.4, 0.5) is 0 Å². The Hall–Kier alpha value is 0.250. The van der Waals surface area contributed by atoms with E-state index in [0.717, 1.165) is 12.5 Å². The first-order valence-corrected chi connectivity index (χ1v) is 4.41. The van der Waals surface area contributed by atoms with Crippen LogP contribution in [0.2, 0.25) is 0 Å². The van der Waals surface area contributed by atoms with Crippen LogP contribution in [-0.4, -0.2) is 19.6 Å². The van der Waals surface area contributed by atoms with Gasteiger partial charge < -0.3 is 4.74 Å². The molecule has 0 aromatic rings. The van der Waals surface area contributed by atoms with Gasteiger partial charge in [-0.05, 0) is 31.1 Å². The summed E-state index contributed by atoms with van der Waals surface area (Å²) in [5.74, 6) is 0.844. The molecule has 60 valence electrons. The Morgan fingerprint density at radius 3 is 2.60 bits per heavy atom. The van der Waals surface area contributed by atoms with Gasteiger partial charge in [-0.15, -0.1) is 11.6 Å². The van der Waals surface area contributed by atoms with E-state index in [2.05, 4.69) is 0 Å². The Kier molecular flexibility index (Phi) is 2.99. The lowest BCUT2D eigenvalue weighted by atomic mass is 10.0. The standard InChI is InChI=1S/C8H15ClO/c1-10-6-2-3-8(7-9)4-5-8/h2-7H2,1H3. The molecule has 10 heavy (non-hydrogen) atoms. The van der Waals surface area contributed by atoms with Gasteiger partial charge in [0.15, 0.2) is 0 Å². The maximum absolute atomic E-state index is 5.79. The van der Waals surface area contributed by atoms with Gasteiger partial charge in [-0.1, -0.05) is 0 Å². The number of rotatable bonds is 5. The van der Waals surface area contributed by atoms with Crippen molar-refractivity contribution < 1.29 is 4.74 Å². The first kappa shape index (κ1) is 8.35. The molecule has 0 aromatic carbocycles. The number of hydrogen-bond acceptors (Lipinski definition) is 1. The van der Waals surface area contributed by atoms with Crippen molar-refractivity contribution in [3.05, 3.63) is 0 Å². The fraction of sp³-hybridized carbons (Fsp3) is 1.00. The van der Waals surface area contributed by atoms with Crippen LogP contribution < -0.4 is 0 Å². The van der Waals surface area contributed by atoms with Crippen molar-refractivity contribution in [3.8, 4) is 0 Å². The molecule has 0 aromatic heterocycles. The molecule has 0 spiro atoms. The number of halogens is 1. The van der Waals surface area contributed by atoms with Crippen LogP contribution in [0.15, 0.2) is 0 Å². The summed E-state index contributed by atoms with van der Waals surface area (Å²) in [6.45, 7) is 0.888. The maximum atomic E-state index is 5.79. The van der Waals surface area contributed by atoms with E-state index in [4.69, 9.17) is 16.3 Å². The summed E-state index contributed by atoms with van der Waals surface area (Å²) in [6.07, 6.45) is 5.09. The third kappa shape index (κ3) is 2.14. The summed E-state index contributed by atoms with van der Waals surface area (Å²) >= 11 is 5.79. The molecule has 0 bridgehead atoms. The zero-order chi connectivity index (χ0) is 7.45. The molecule has 1 aliphatic rings. The molecule has 0 amide bonds. The minimum atomic E-state index is 0.528. The second-order valence-electron chi connectivity index (χ2n) is 3.23. The largest absolute Gasteiger partial charge is 0.385 e. The van der Waals surface area contributed by atoms with Crippen LogP contribution in [0.3, 0.4) is 0 Å². The maximum Gasteiger partial charge on any atom is 0.0462 e. The highest BCUT2D eigenvalue weighted by molar-refractivity contribution is 6.18. The molecule has 0 unspecified atom stereocenters. The molecule has 0 radical (unpaired) electrons. The van der Waals surface area contributed by atoms with Gasteiger partial charge in [0, 0.05) is 19.6 Å². The van der Waals surface area contributed by atoms with E-state index in [-0.39, 0.29) is 0 Å². The number of methoxy groups -OCH3 is 1. The number of ether oxygens (including phenoxy) is 1. The Morgan fingerprint density at radius 1 is 1.50 bits per heavy atom. The van der Waals surface area contributed by atoms with Gasteiger partial charge in [0.1, 0.15) is 0 Å². The fourth-order valence-electron chi connectivity index (χ4n) is 1.22. The Balaban J connectivity index is 2.01. The van der Waals surface area contributed by atoms with Crippen LogP contribution in [-0.2, 0) is 4.74 Å². The van der Waals surface area contributed by atoms with Crippen molar-refractivity contribution in [2.75, 3.05) is 19.6 Å². The monoisotopic (exact) mass is 162 g/mol. The van der Waals surface area contributed by atoms with Crippen molar-refractivity contribution in [3.63, 3.8) is 0 Å². The summed E-state index contributed by atoms with van der Waals surface area (Å²) in [5.41, 5.74) is 0.528. The smallest absolute Gasteiger partial charge is 0.0462 e. The zero-order valence-electron chi connectivity index (χ0n) is 6.53. The zero-order valence-corrected chi connectivity index (χ0v) is 7.28. The summed E-state index contributed by atoms with van der Waals surface area (Å²) in [5, 5.41) is 0. The van der Waals surface area contributed by atoms with Crippen molar-refractivity contribution >= 4 is 11.6 Å². The van der Waals surface area contributed by atoms with Crippen molar-refractivity contribution in [2.45, 2.75) is 25.7 Å². The molecular formula is C8H15ClO. The summed E-state index contributed by atoms with van der Waals surface area (Å²) in [4.78, 5) is 0. The summed E-state index contributed by atoms with van der Waals surface area (Å²) in [6, 6.07) is 0. The van der Waals surface area contributed by atoms with Crippen LogP contribution in [0, 0.1) is 5.41 Å². The van der Waals surface area contributed by atoms with E-state index in [0.29, 0.717) is 5.41 Å². The van der Waals surface area contributed by atoms with Gasteiger partial charge in [-0.3, -0.25) is 0 Å². The molecule has 2 heteroatoms. The molecule has 1 saturated carbocycles. The number of alkyl halides is 1. The highest BCUT2D eigenvalue weighted by atomic mass is 35.5. The molecular weight excluding hydrogens is 148 g/mol. The van der Waals surface area contributed by atoms with Crippen LogP contribution in [0.1, 0.15) is 25.7 Å². The van der Waals surface area contributed by atoms with E-state index >= 15 is 0 Å². The van der Waals surface area contributed by atoms with Crippen molar-refractivity contribution in [1.29, 1.82) is 0 Å². The van der Waals surface area contributed by atoms with Crippen LogP contribution >= 0.6 is 11.6 Å². The fourth-order valence-corrected chi connectivity index (χ4v) is 1.62. The predicted octanol–water partition coefficient (Wildman–Crippen LogP) is 2.43. The van der Waals surface area contributed by atoms with E-state index in [1.54, 1.807) is 7.11 Å². The van der Waals surface area contributed by atoms with Gasteiger partial charge in [-0.2, -0.15) is 0 Å². The third-order valence-electron chi connectivity index (χ3n) is 2.30. The number of hydrogen-bond donors (Lipinski definition) is 0. The molecule has 0 saturated heterocycles. The lowest BCUT2D eigenvalue weighted by Crippen LogP contribution is -2.03. The van der Waals surface area contributed by atoms with Gasteiger partial charge in [0.25, 0.3) is 0 Å².